The largest absolute Gasteiger partial charge is 0.491 e. The van der Waals surface area contributed by atoms with Crippen LogP contribution in [0.2, 0.25) is 0 Å². The van der Waals surface area contributed by atoms with Crippen molar-refractivity contribution >= 4 is 5.52 Å². The first-order valence-electron chi connectivity index (χ1n) is 12.1. The van der Waals surface area contributed by atoms with Crippen LogP contribution in [0.1, 0.15) is 56.5 Å². The average molecular weight is 490 g/mol. The first-order chi connectivity index (χ1) is 17.3. The molecule has 2 atom stereocenters. The van der Waals surface area contributed by atoms with Crippen LogP contribution in [-0.4, -0.2) is 31.7 Å². The maximum absolute atomic E-state index is 14.9. The van der Waals surface area contributed by atoms with Gasteiger partial charge in [-0.1, -0.05) is 11.6 Å². The predicted molar refractivity (Wildman–Crippen MR) is 135 cm³/mol. The van der Waals surface area contributed by atoms with Crippen molar-refractivity contribution in [1.82, 2.24) is 19.6 Å². The van der Waals surface area contributed by atoms with E-state index in [0.717, 1.165) is 23.9 Å². The fraction of sp³-hybridized carbons (Fsp3) is 0.321. The van der Waals surface area contributed by atoms with Crippen molar-refractivity contribution in [1.29, 1.82) is 0 Å². The standard InChI is InChI=1S/C28H29F2N5O/c1-16(2)36-22-12-24(29)28(25(30)13-22)26-5-4-21-15-33-27(35(21)34-26)11-19-14-32-7-6-23(19)18-8-17(3)9-20(31)10-18/h4-7,9,12-16,18,20H,8,10-11,31H2,1-3H3/t18-,20+/m1/s1. The van der Waals surface area contributed by atoms with E-state index in [4.69, 9.17) is 10.5 Å². The third kappa shape index (κ3) is 4.86. The molecule has 0 aliphatic heterocycles. The van der Waals surface area contributed by atoms with E-state index in [0.29, 0.717) is 18.2 Å². The number of aromatic nitrogens is 4. The fourth-order valence-electron chi connectivity index (χ4n) is 5.02. The Morgan fingerprint density at radius 1 is 1.14 bits per heavy atom. The summed E-state index contributed by atoms with van der Waals surface area (Å²) in [5.74, 6) is -0.358. The number of fused-ring (bicyclic) bond motifs is 1. The van der Waals surface area contributed by atoms with E-state index in [9.17, 15) is 8.78 Å². The Morgan fingerprint density at radius 3 is 2.64 bits per heavy atom. The lowest BCUT2D eigenvalue weighted by Crippen LogP contribution is -2.25. The topological polar surface area (TPSA) is 78.3 Å². The molecule has 0 unspecified atom stereocenters. The highest BCUT2D eigenvalue weighted by atomic mass is 19.1. The molecular weight excluding hydrogens is 460 g/mol. The highest BCUT2D eigenvalue weighted by Gasteiger charge is 2.23. The van der Waals surface area contributed by atoms with E-state index in [1.807, 2.05) is 12.3 Å². The first kappa shape index (κ1) is 24.1. The Bertz CT molecular complexity index is 1420. The zero-order valence-electron chi connectivity index (χ0n) is 20.6. The molecule has 36 heavy (non-hydrogen) atoms. The highest BCUT2D eigenvalue weighted by Crippen LogP contribution is 2.35. The van der Waals surface area contributed by atoms with E-state index in [2.05, 4.69) is 28.1 Å². The first-order valence-corrected chi connectivity index (χ1v) is 12.1. The molecule has 3 heterocycles. The highest BCUT2D eigenvalue weighted by molar-refractivity contribution is 5.64. The molecule has 0 saturated heterocycles. The molecule has 0 saturated carbocycles. The molecule has 4 aromatic rings. The van der Waals surface area contributed by atoms with Crippen LogP contribution in [0, 0.1) is 11.6 Å². The van der Waals surface area contributed by atoms with Crippen molar-refractivity contribution in [3.8, 4) is 17.0 Å². The van der Waals surface area contributed by atoms with Gasteiger partial charge in [-0.2, -0.15) is 5.10 Å². The van der Waals surface area contributed by atoms with Crippen molar-refractivity contribution in [2.45, 2.75) is 58.1 Å². The van der Waals surface area contributed by atoms with E-state index in [1.54, 1.807) is 42.9 Å². The van der Waals surface area contributed by atoms with Crippen LogP contribution < -0.4 is 10.5 Å². The number of benzene rings is 1. The lowest BCUT2D eigenvalue weighted by molar-refractivity contribution is 0.240. The average Bonchev–Trinajstić information content (AvgIpc) is 3.20. The summed E-state index contributed by atoms with van der Waals surface area (Å²) in [4.78, 5) is 8.90. The number of hydrogen-bond donors (Lipinski definition) is 1. The number of nitrogens with two attached hydrogens (primary N) is 1. The summed E-state index contributed by atoms with van der Waals surface area (Å²) < 4.78 is 37.0. The van der Waals surface area contributed by atoms with Crippen molar-refractivity contribution in [3.63, 3.8) is 0 Å². The van der Waals surface area contributed by atoms with Gasteiger partial charge in [0.25, 0.3) is 0 Å². The summed E-state index contributed by atoms with van der Waals surface area (Å²) in [6, 6.07) is 7.81. The lowest BCUT2D eigenvalue weighted by Gasteiger charge is -2.27. The molecule has 6 nitrogen and oxygen atoms in total. The molecule has 186 valence electrons. The second-order valence-corrected chi connectivity index (χ2v) is 9.72. The van der Waals surface area contributed by atoms with Crippen molar-refractivity contribution in [2.75, 3.05) is 0 Å². The molecular formula is C28H29F2N5O. The van der Waals surface area contributed by atoms with Gasteiger partial charge >= 0.3 is 0 Å². The van der Waals surface area contributed by atoms with Crippen LogP contribution in [0.25, 0.3) is 16.8 Å². The van der Waals surface area contributed by atoms with E-state index in [1.165, 1.54) is 23.3 Å². The third-order valence-corrected chi connectivity index (χ3v) is 6.45. The molecule has 5 rings (SSSR count). The zero-order valence-corrected chi connectivity index (χ0v) is 20.6. The van der Waals surface area contributed by atoms with Crippen molar-refractivity contribution in [3.05, 3.63) is 89.2 Å². The molecule has 0 fully saturated rings. The second kappa shape index (κ2) is 9.78. The number of hydrogen-bond acceptors (Lipinski definition) is 5. The number of imidazole rings is 1. The Morgan fingerprint density at radius 2 is 1.92 bits per heavy atom. The van der Waals surface area contributed by atoms with Crippen molar-refractivity contribution < 1.29 is 13.5 Å². The molecule has 2 N–H and O–H groups in total. The minimum absolute atomic E-state index is 0.0309. The van der Waals surface area contributed by atoms with Crippen LogP contribution in [0.15, 0.2) is 60.6 Å². The summed E-state index contributed by atoms with van der Waals surface area (Å²) >= 11 is 0. The summed E-state index contributed by atoms with van der Waals surface area (Å²) in [5, 5.41) is 4.56. The van der Waals surface area contributed by atoms with Gasteiger partial charge in [-0.15, -0.1) is 0 Å². The number of nitrogens with zero attached hydrogens (tertiary/aromatic N) is 4. The third-order valence-electron chi connectivity index (χ3n) is 6.45. The molecule has 0 amide bonds. The number of pyridine rings is 1. The molecule has 0 spiro atoms. The van der Waals surface area contributed by atoms with Crippen LogP contribution >= 0.6 is 0 Å². The SMILES string of the molecule is CC1=C[C@H](N)C[C@H](c2ccncc2Cc2ncc3ccc(-c4c(F)cc(OC(C)C)cc4F)nn23)C1. The second-order valence-electron chi connectivity index (χ2n) is 9.72. The van der Waals surface area contributed by atoms with E-state index in [-0.39, 0.29) is 29.2 Å². The Kier molecular flexibility index (Phi) is 6.53. The van der Waals surface area contributed by atoms with Gasteiger partial charge in [-0.25, -0.2) is 18.3 Å². The van der Waals surface area contributed by atoms with Gasteiger partial charge in [0.2, 0.25) is 0 Å². The van der Waals surface area contributed by atoms with Gasteiger partial charge in [0.15, 0.2) is 0 Å². The number of rotatable bonds is 6. The monoisotopic (exact) mass is 489 g/mol. The molecule has 0 bridgehead atoms. The fourth-order valence-corrected chi connectivity index (χ4v) is 5.02. The Balaban J connectivity index is 1.50. The van der Waals surface area contributed by atoms with E-state index < -0.39 is 11.6 Å². The lowest BCUT2D eigenvalue weighted by atomic mass is 9.80. The minimum Gasteiger partial charge on any atom is -0.491 e. The van der Waals surface area contributed by atoms with Gasteiger partial charge in [0.05, 0.1) is 29.1 Å². The molecule has 8 heteroatoms. The van der Waals surface area contributed by atoms with Crippen molar-refractivity contribution in [2.24, 2.45) is 5.73 Å². The number of halogens is 2. The minimum atomic E-state index is -0.731. The maximum Gasteiger partial charge on any atom is 0.139 e. The Hall–Kier alpha value is -3.65. The van der Waals surface area contributed by atoms with Crippen LogP contribution in [0.3, 0.4) is 0 Å². The predicted octanol–water partition coefficient (Wildman–Crippen LogP) is 5.60. The molecule has 1 aliphatic carbocycles. The summed E-state index contributed by atoms with van der Waals surface area (Å²) in [6.07, 6.45) is 9.59. The number of allylic oxidation sites excluding steroid dienone is 1. The summed E-state index contributed by atoms with van der Waals surface area (Å²) in [7, 11) is 0. The smallest absolute Gasteiger partial charge is 0.139 e. The van der Waals surface area contributed by atoms with Crippen LogP contribution in [0.4, 0.5) is 8.78 Å². The van der Waals surface area contributed by atoms with Crippen LogP contribution in [0.5, 0.6) is 5.75 Å². The molecule has 3 aromatic heterocycles. The maximum atomic E-state index is 14.9. The van der Waals surface area contributed by atoms with Gasteiger partial charge in [0, 0.05) is 37.0 Å². The normalized spacial score (nSPS) is 18.0. The summed E-state index contributed by atoms with van der Waals surface area (Å²) in [5.41, 5.74) is 10.5. The van der Waals surface area contributed by atoms with Gasteiger partial charge < -0.3 is 10.5 Å². The van der Waals surface area contributed by atoms with Gasteiger partial charge in [-0.05, 0) is 68.9 Å². The van der Waals surface area contributed by atoms with Crippen LogP contribution in [-0.2, 0) is 6.42 Å². The molecule has 0 radical (unpaired) electrons. The zero-order chi connectivity index (χ0) is 25.4. The molecule has 1 aliphatic rings. The van der Waals surface area contributed by atoms with Gasteiger partial charge in [0.1, 0.15) is 23.2 Å². The Labute approximate surface area is 208 Å². The number of ether oxygens (including phenoxy) is 1. The van der Waals surface area contributed by atoms with E-state index >= 15 is 0 Å². The summed E-state index contributed by atoms with van der Waals surface area (Å²) in [6.45, 7) is 5.71. The van der Waals surface area contributed by atoms with Gasteiger partial charge in [-0.3, -0.25) is 4.98 Å². The quantitative estimate of drug-likeness (QED) is 0.357. The molecule has 1 aromatic carbocycles.